The third-order valence-electron chi connectivity index (χ3n) is 4.38. The van der Waals surface area contributed by atoms with Gasteiger partial charge < -0.3 is 14.6 Å². The molecule has 4 aromatic rings. The van der Waals surface area contributed by atoms with E-state index in [1.165, 1.54) is 35.3 Å². The third kappa shape index (κ3) is 5.40. The average Bonchev–Trinajstić information content (AvgIpc) is 3.49. The molecule has 0 saturated carbocycles. The molecule has 14 heteroatoms. The Kier molecular flexibility index (Phi) is 6.29. The highest BCUT2D eigenvalue weighted by molar-refractivity contribution is 6.01. The number of amides is 1. The largest absolute Gasteiger partial charge is 0.452 e. The summed E-state index contributed by atoms with van der Waals surface area (Å²) in [5, 5.41) is 16.7. The van der Waals surface area contributed by atoms with Crippen LogP contribution in [0, 0.1) is 0 Å². The summed E-state index contributed by atoms with van der Waals surface area (Å²) in [6.45, 7) is -0.551. The predicted octanol–water partition coefficient (Wildman–Crippen LogP) is 2.74. The number of aromatic nitrogens is 6. The standard InChI is InChI=1S/C20H14F3N7O4/c21-20(22,23)13-7-5-12(6-8-13)18-26-17(34-27-18)10-33-19(32)14-3-1-2-4-15(14)25-16(31)9-30-11-24-28-29-30/h1-8,11H,9-10H2,(H,25,31). The number of rotatable bonds is 7. The minimum atomic E-state index is -4.46. The van der Waals surface area contributed by atoms with Gasteiger partial charge in [0.15, 0.2) is 6.61 Å². The van der Waals surface area contributed by atoms with Crippen LogP contribution in [0.15, 0.2) is 59.4 Å². The number of anilines is 1. The number of tetrazole rings is 1. The summed E-state index contributed by atoms with van der Waals surface area (Å²) < 4.78 is 49.5. The molecular weight excluding hydrogens is 459 g/mol. The number of alkyl halides is 3. The summed E-state index contributed by atoms with van der Waals surface area (Å²) in [6.07, 6.45) is -3.19. The van der Waals surface area contributed by atoms with E-state index in [0.717, 1.165) is 12.1 Å². The van der Waals surface area contributed by atoms with Crippen LogP contribution in [0.4, 0.5) is 18.9 Å². The first-order valence-corrected chi connectivity index (χ1v) is 9.56. The number of hydrogen-bond acceptors (Lipinski definition) is 9. The van der Waals surface area contributed by atoms with Gasteiger partial charge in [0, 0.05) is 5.56 Å². The van der Waals surface area contributed by atoms with Gasteiger partial charge in [0.1, 0.15) is 12.9 Å². The molecule has 0 saturated heterocycles. The van der Waals surface area contributed by atoms with Gasteiger partial charge in [0.25, 0.3) is 5.89 Å². The first kappa shape index (κ1) is 22.6. The van der Waals surface area contributed by atoms with Crippen LogP contribution in [0.1, 0.15) is 21.8 Å². The lowest BCUT2D eigenvalue weighted by Crippen LogP contribution is -2.21. The van der Waals surface area contributed by atoms with E-state index in [0.29, 0.717) is 5.56 Å². The fourth-order valence-corrected chi connectivity index (χ4v) is 2.80. The number of halogens is 3. The summed E-state index contributed by atoms with van der Waals surface area (Å²) in [6, 6.07) is 10.4. The maximum absolute atomic E-state index is 12.7. The van der Waals surface area contributed by atoms with Crippen LogP contribution in [0.5, 0.6) is 0 Å². The van der Waals surface area contributed by atoms with E-state index in [4.69, 9.17) is 9.26 Å². The lowest BCUT2D eigenvalue weighted by atomic mass is 10.1. The molecule has 0 spiro atoms. The van der Waals surface area contributed by atoms with E-state index < -0.39 is 23.6 Å². The molecule has 174 valence electrons. The van der Waals surface area contributed by atoms with E-state index >= 15 is 0 Å². The van der Waals surface area contributed by atoms with Crippen LogP contribution in [0.25, 0.3) is 11.4 Å². The highest BCUT2D eigenvalue weighted by atomic mass is 19.4. The molecule has 0 fully saturated rings. The number of esters is 1. The second-order valence-electron chi connectivity index (χ2n) is 6.76. The molecule has 0 unspecified atom stereocenters. The second kappa shape index (κ2) is 9.48. The van der Waals surface area contributed by atoms with Crippen molar-refractivity contribution in [2.24, 2.45) is 0 Å². The molecular formula is C20H14F3N7O4. The van der Waals surface area contributed by atoms with Crippen molar-refractivity contribution in [3.8, 4) is 11.4 Å². The summed E-state index contributed by atoms with van der Waals surface area (Å²) in [5.41, 5.74) is -0.223. The van der Waals surface area contributed by atoms with E-state index in [1.807, 2.05) is 0 Å². The van der Waals surface area contributed by atoms with Gasteiger partial charge in [-0.05, 0) is 34.7 Å². The van der Waals surface area contributed by atoms with Crippen LogP contribution in [0.3, 0.4) is 0 Å². The molecule has 4 rings (SSSR count). The van der Waals surface area contributed by atoms with Gasteiger partial charge in [0.2, 0.25) is 11.7 Å². The van der Waals surface area contributed by atoms with Crippen LogP contribution in [-0.2, 0) is 28.9 Å². The minimum absolute atomic E-state index is 0.0371. The fraction of sp³-hybridized carbons (Fsp3) is 0.150. The maximum Gasteiger partial charge on any atom is 0.416 e. The molecule has 0 radical (unpaired) electrons. The van der Waals surface area contributed by atoms with Crippen molar-refractivity contribution in [1.82, 2.24) is 30.3 Å². The van der Waals surface area contributed by atoms with Crippen LogP contribution < -0.4 is 5.32 Å². The predicted molar refractivity (Wildman–Crippen MR) is 107 cm³/mol. The van der Waals surface area contributed by atoms with Crippen LogP contribution in [0.2, 0.25) is 0 Å². The van der Waals surface area contributed by atoms with Crippen molar-refractivity contribution < 1.29 is 32.0 Å². The molecule has 2 aromatic heterocycles. The number of carbonyl (C=O) groups excluding carboxylic acids is 2. The van der Waals surface area contributed by atoms with Crippen molar-refractivity contribution in [2.45, 2.75) is 19.3 Å². The van der Waals surface area contributed by atoms with Gasteiger partial charge in [-0.2, -0.15) is 18.2 Å². The number of para-hydroxylation sites is 1. The molecule has 11 nitrogen and oxygen atoms in total. The van der Waals surface area contributed by atoms with Crippen LogP contribution >= 0.6 is 0 Å². The number of carbonyl (C=O) groups is 2. The Hall–Kier alpha value is -4.62. The molecule has 0 aliphatic heterocycles. The van der Waals surface area contributed by atoms with Gasteiger partial charge in [0.05, 0.1) is 16.8 Å². The molecule has 0 aliphatic carbocycles. The zero-order valence-corrected chi connectivity index (χ0v) is 17.1. The van der Waals surface area contributed by atoms with Crippen molar-refractivity contribution in [1.29, 1.82) is 0 Å². The zero-order chi connectivity index (χ0) is 24.1. The fourth-order valence-electron chi connectivity index (χ4n) is 2.80. The van der Waals surface area contributed by atoms with Gasteiger partial charge in [-0.25, -0.2) is 9.48 Å². The van der Waals surface area contributed by atoms with Crippen molar-refractivity contribution >= 4 is 17.6 Å². The highest BCUT2D eigenvalue weighted by Crippen LogP contribution is 2.30. The van der Waals surface area contributed by atoms with E-state index in [2.05, 4.69) is 31.0 Å². The quantitative estimate of drug-likeness (QED) is 0.402. The van der Waals surface area contributed by atoms with E-state index in [9.17, 15) is 22.8 Å². The van der Waals surface area contributed by atoms with Crippen LogP contribution in [-0.4, -0.2) is 42.2 Å². The normalized spacial score (nSPS) is 11.3. The van der Waals surface area contributed by atoms with Crippen molar-refractivity contribution in [3.63, 3.8) is 0 Å². The first-order chi connectivity index (χ1) is 16.3. The van der Waals surface area contributed by atoms with Gasteiger partial charge in [-0.3, -0.25) is 4.79 Å². The Labute approximate surface area is 188 Å². The summed E-state index contributed by atoms with van der Waals surface area (Å²) >= 11 is 0. The Morgan fingerprint density at radius 1 is 1.09 bits per heavy atom. The molecule has 0 atom stereocenters. The Morgan fingerprint density at radius 2 is 1.85 bits per heavy atom. The van der Waals surface area contributed by atoms with E-state index in [1.54, 1.807) is 12.1 Å². The lowest BCUT2D eigenvalue weighted by Gasteiger charge is -2.10. The number of nitrogens with zero attached hydrogens (tertiary/aromatic N) is 6. The lowest BCUT2D eigenvalue weighted by molar-refractivity contribution is -0.137. The van der Waals surface area contributed by atoms with Gasteiger partial charge >= 0.3 is 12.1 Å². The molecule has 2 heterocycles. The zero-order valence-electron chi connectivity index (χ0n) is 17.1. The molecule has 1 amide bonds. The number of nitrogens with one attached hydrogen (secondary N) is 1. The molecule has 2 aromatic carbocycles. The Bertz CT molecular complexity index is 1290. The monoisotopic (exact) mass is 473 g/mol. The van der Waals surface area contributed by atoms with Crippen molar-refractivity contribution in [2.75, 3.05) is 5.32 Å². The van der Waals surface area contributed by atoms with E-state index in [-0.39, 0.29) is 36.1 Å². The van der Waals surface area contributed by atoms with Crippen molar-refractivity contribution in [3.05, 3.63) is 71.9 Å². The highest BCUT2D eigenvalue weighted by Gasteiger charge is 2.30. The molecule has 1 N–H and O–H groups in total. The SMILES string of the molecule is O=C(Cn1cnnn1)Nc1ccccc1C(=O)OCc1nc(-c2ccc(C(F)(F)F)cc2)no1. The van der Waals surface area contributed by atoms with Gasteiger partial charge in [-0.15, -0.1) is 5.10 Å². The average molecular weight is 473 g/mol. The minimum Gasteiger partial charge on any atom is -0.452 e. The smallest absolute Gasteiger partial charge is 0.416 e. The topological polar surface area (TPSA) is 138 Å². The second-order valence-corrected chi connectivity index (χ2v) is 6.76. The molecule has 0 aliphatic rings. The number of benzene rings is 2. The molecule has 0 bridgehead atoms. The molecule has 34 heavy (non-hydrogen) atoms. The number of ether oxygens (including phenoxy) is 1. The summed E-state index contributed by atoms with van der Waals surface area (Å²) in [4.78, 5) is 28.7. The van der Waals surface area contributed by atoms with Gasteiger partial charge in [-0.1, -0.05) is 29.4 Å². The first-order valence-electron chi connectivity index (χ1n) is 9.56. The summed E-state index contributed by atoms with van der Waals surface area (Å²) in [5.74, 6) is -1.27. The number of hydrogen-bond donors (Lipinski definition) is 1. The maximum atomic E-state index is 12.7. The Balaban J connectivity index is 1.38. The summed E-state index contributed by atoms with van der Waals surface area (Å²) in [7, 11) is 0. The Morgan fingerprint density at radius 3 is 2.56 bits per heavy atom. The third-order valence-corrected chi connectivity index (χ3v) is 4.38.